The summed E-state index contributed by atoms with van der Waals surface area (Å²) in [6.07, 6.45) is 3.19. The molecule has 18 heavy (non-hydrogen) atoms. The highest BCUT2D eigenvalue weighted by Crippen LogP contribution is 2.17. The Kier molecular flexibility index (Phi) is 4.03. The van der Waals surface area contributed by atoms with E-state index in [2.05, 4.69) is 29.1 Å². The Balaban J connectivity index is 2.06. The van der Waals surface area contributed by atoms with E-state index in [1.807, 2.05) is 13.0 Å². The summed E-state index contributed by atoms with van der Waals surface area (Å²) in [6, 6.07) is 8.97. The van der Waals surface area contributed by atoms with E-state index in [4.69, 9.17) is 0 Å². The third-order valence-corrected chi connectivity index (χ3v) is 3.05. The van der Waals surface area contributed by atoms with E-state index in [1.54, 1.807) is 12.1 Å². The number of aromatic nitrogens is 1. The number of halogens is 1. The number of rotatable bonds is 5. The van der Waals surface area contributed by atoms with Crippen LogP contribution in [0.4, 0.5) is 10.1 Å². The van der Waals surface area contributed by atoms with Crippen LogP contribution >= 0.6 is 0 Å². The molecule has 0 aliphatic heterocycles. The fourth-order valence-corrected chi connectivity index (χ4v) is 2.04. The topological polar surface area (TPSA) is 17.0 Å². The van der Waals surface area contributed by atoms with Crippen LogP contribution in [0.25, 0.3) is 0 Å². The number of nitrogens with zero attached hydrogens (tertiary/aromatic N) is 1. The average Bonchev–Trinajstić information content (AvgIpc) is 2.78. The molecule has 0 unspecified atom stereocenters. The van der Waals surface area contributed by atoms with Gasteiger partial charge in [0.2, 0.25) is 0 Å². The molecule has 2 nitrogen and oxygen atoms in total. The molecule has 96 valence electrons. The lowest BCUT2D eigenvalue weighted by Gasteiger charge is -2.12. The number of hydrogen-bond acceptors (Lipinski definition) is 1. The molecule has 1 N–H and O–H groups in total. The SMILES string of the molecule is CCCn1cccc1CNc1cc(F)ccc1C. The first-order chi connectivity index (χ1) is 8.70. The lowest BCUT2D eigenvalue weighted by molar-refractivity contribution is 0.627. The van der Waals surface area contributed by atoms with Gasteiger partial charge in [0.1, 0.15) is 5.82 Å². The molecule has 0 amide bonds. The smallest absolute Gasteiger partial charge is 0.125 e. The Morgan fingerprint density at radius 3 is 2.89 bits per heavy atom. The van der Waals surface area contributed by atoms with Gasteiger partial charge in [-0.25, -0.2) is 4.39 Å². The van der Waals surface area contributed by atoms with Gasteiger partial charge in [-0.1, -0.05) is 13.0 Å². The largest absolute Gasteiger partial charge is 0.379 e. The monoisotopic (exact) mass is 246 g/mol. The maximum atomic E-state index is 13.2. The number of anilines is 1. The molecule has 0 spiro atoms. The summed E-state index contributed by atoms with van der Waals surface area (Å²) in [5.41, 5.74) is 3.14. The van der Waals surface area contributed by atoms with Crippen molar-refractivity contribution >= 4 is 5.69 Å². The summed E-state index contributed by atoms with van der Waals surface area (Å²) in [6.45, 7) is 5.88. The van der Waals surface area contributed by atoms with E-state index in [9.17, 15) is 4.39 Å². The molecule has 0 bridgehead atoms. The molecule has 1 aromatic carbocycles. The van der Waals surface area contributed by atoms with Gasteiger partial charge in [0, 0.05) is 24.1 Å². The molecule has 0 aliphatic rings. The van der Waals surface area contributed by atoms with Gasteiger partial charge in [0.25, 0.3) is 0 Å². The maximum absolute atomic E-state index is 13.2. The molecular weight excluding hydrogens is 227 g/mol. The third-order valence-electron chi connectivity index (χ3n) is 3.05. The number of benzene rings is 1. The van der Waals surface area contributed by atoms with Gasteiger partial charge in [-0.3, -0.25) is 0 Å². The van der Waals surface area contributed by atoms with Crippen molar-refractivity contribution in [1.29, 1.82) is 0 Å². The van der Waals surface area contributed by atoms with Crippen molar-refractivity contribution < 1.29 is 4.39 Å². The standard InChI is InChI=1S/C15H19FN2/c1-3-8-18-9-4-5-14(18)11-17-15-10-13(16)7-6-12(15)2/h4-7,9-10,17H,3,8,11H2,1-2H3. The van der Waals surface area contributed by atoms with Crippen LogP contribution in [0.3, 0.4) is 0 Å². The predicted molar refractivity (Wildman–Crippen MR) is 73.2 cm³/mol. The average molecular weight is 246 g/mol. The van der Waals surface area contributed by atoms with E-state index >= 15 is 0 Å². The zero-order valence-electron chi connectivity index (χ0n) is 10.9. The highest BCUT2D eigenvalue weighted by atomic mass is 19.1. The molecule has 1 heterocycles. The fraction of sp³-hybridized carbons (Fsp3) is 0.333. The molecule has 0 atom stereocenters. The van der Waals surface area contributed by atoms with Crippen LogP contribution in [0.15, 0.2) is 36.5 Å². The lowest BCUT2D eigenvalue weighted by Crippen LogP contribution is -2.07. The van der Waals surface area contributed by atoms with Gasteiger partial charge in [-0.05, 0) is 43.2 Å². The van der Waals surface area contributed by atoms with Gasteiger partial charge in [-0.15, -0.1) is 0 Å². The van der Waals surface area contributed by atoms with Crippen LogP contribution in [0, 0.1) is 12.7 Å². The molecular formula is C15H19FN2. The first kappa shape index (κ1) is 12.7. The van der Waals surface area contributed by atoms with E-state index in [-0.39, 0.29) is 5.82 Å². The minimum Gasteiger partial charge on any atom is -0.379 e. The van der Waals surface area contributed by atoms with Gasteiger partial charge in [0.15, 0.2) is 0 Å². The van der Waals surface area contributed by atoms with Crippen molar-refractivity contribution in [2.45, 2.75) is 33.4 Å². The number of nitrogens with one attached hydrogen (secondary N) is 1. The summed E-state index contributed by atoms with van der Waals surface area (Å²) in [5.74, 6) is -0.202. The van der Waals surface area contributed by atoms with Gasteiger partial charge < -0.3 is 9.88 Å². The molecule has 1 aromatic heterocycles. The highest BCUT2D eigenvalue weighted by molar-refractivity contribution is 5.50. The molecule has 0 saturated heterocycles. The summed E-state index contributed by atoms with van der Waals surface area (Å²) >= 11 is 0. The highest BCUT2D eigenvalue weighted by Gasteiger charge is 2.03. The fourth-order valence-electron chi connectivity index (χ4n) is 2.04. The maximum Gasteiger partial charge on any atom is 0.125 e. The van der Waals surface area contributed by atoms with Crippen molar-refractivity contribution in [3.63, 3.8) is 0 Å². The molecule has 0 radical (unpaired) electrons. The van der Waals surface area contributed by atoms with Crippen LogP contribution in [0.5, 0.6) is 0 Å². The quantitative estimate of drug-likeness (QED) is 0.845. The zero-order valence-corrected chi connectivity index (χ0v) is 10.9. The van der Waals surface area contributed by atoms with E-state index in [0.717, 1.165) is 30.8 Å². The predicted octanol–water partition coefficient (Wildman–Crippen LogP) is 3.96. The Hall–Kier alpha value is -1.77. The van der Waals surface area contributed by atoms with Gasteiger partial charge >= 0.3 is 0 Å². The van der Waals surface area contributed by atoms with E-state index in [0.29, 0.717) is 0 Å². The molecule has 0 saturated carbocycles. The normalized spacial score (nSPS) is 10.6. The second-order valence-electron chi connectivity index (χ2n) is 4.51. The molecule has 0 aliphatic carbocycles. The van der Waals surface area contributed by atoms with Crippen LogP contribution < -0.4 is 5.32 Å². The number of aryl methyl sites for hydroxylation is 2. The summed E-state index contributed by atoms with van der Waals surface area (Å²) in [5, 5.41) is 3.29. The van der Waals surface area contributed by atoms with Crippen molar-refractivity contribution in [3.05, 3.63) is 53.6 Å². The van der Waals surface area contributed by atoms with Crippen molar-refractivity contribution in [1.82, 2.24) is 4.57 Å². The van der Waals surface area contributed by atoms with Crippen LogP contribution in [-0.4, -0.2) is 4.57 Å². The third kappa shape index (κ3) is 2.92. The molecule has 3 heteroatoms. The minimum atomic E-state index is -0.202. The van der Waals surface area contributed by atoms with Crippen LogP contribution in [-0.2, 0) is 13.1 Å². The first-order valence-corrected chi connectivity index (χ1v) is 6.34. The minimum absolute atomic E-state index is 0.202. The Morgan fingerprint density at radius 2 is 2.11 bits per heavy atom. The second kappa shape index (κ2) is 5.71. The van der Waals surface area contributed by atoms with Crippen molar-refractivity contribution in [3.8, 4) is 0 Å². The number of hydrogen-bond donors (Lipinski definition) is 1. The lowest BCUT2D eigenvalue weighted by atomic mass is 10.2. The summed E-state index contributed by atoms with van der Waals surface area (Å²) in [4.78, 5) is 0. The first-order valence-electron chi connectivity index (χ1n) is 6.34. The Labute approximate surface area is 107 Å². The van der Waals surface area contributed by atoms with Crippen LogP contribution in [0.1, 0.15) is 24.6 Å². The molecule has 2 aromatic rings. The van der Waals surface area contributed by atoms with Crippen LogP contribution in [0.2, 0.25) is 0 Å². The van der Waals surface area contributed by atoms with Crippen molar-refractivity contribution in [2.24, 2.45) is 0 Å². The Morgan fingerprint density at radius 1 is 1.28 bits per heavy atom. The van der Waals surface area contributed by atoms with E-state index in [1.165, 1.54) is 11.8 Å². The zero-order chi connectivity index (χ0) is 13.0. The van der Waals surface area contributed by atoms with Gasteiger partial charge in [0.05, 0.1) is 6.54 Å². The Bertz CT molecular complexity index is 517. The second-order valence-corrected chi connectivity index (χ2v) is 4.51. The summed E-state index contributed by atoms with van der Waals surface area (Å²) in [7, 11) is 0. The van der Waals surface area contributed by atoms with Gasteiger partial charge in [-0.2, -0.15) is 0 Å². The molecule has 2 rings (SSSR count). The summed E-state index contributed by atoms with van der Waals surface area (Å²) < 4.78 is 15.4. The van der Waals surface area contributed by atoms with Crippen molar-refractivity contribution in [2.75, 3.05) is 5.32 Å². The molecule has 0 fully saturated rings. The van der Waals surface area contributed by atoms with E-state index < -0.39 is 0 Å².